The zero-order valence-corrected chi connectivity index (χ0v) is 15.0. The molecule has 0 spiro atoms. The van der Waals surface area contributed by atoms with Gasteiger partial charge in [-0.25, -0.2) is 0 Å². The van der Waals surface area contributed by atoms with Gasteiger partial charge in [-0.1, -0.05) is 43.6 Å². The van der Waals surface area contributed by atoms with Gasteiger partial charge in [0.15, 0.2) is 0 Å². The van der Waals surface area contributed by atoms with Crippen LogP contribution in [0, 0.1) is 3.57 Å². The predicted molar refractivity (Wildman–Crippen MR) is 97.3 cm³/mol. The van der Waals surface area contributed by atoms with Crippen molar-refractivity contribution >= 4 is 45.8 Å². The van der Waals surface area contributed by atoms with Crippen molar-refractivity contribution in [1.82, 2.24) is 0 Å². The summed E-state index contributed by atoms with van der Waals surface area (Å²) in [6, 6.07) is 11.4. The molecule has 110 valence electrons. The number of halogens is 2. The average molecular weight is 414 g/mol. The number of anilines is 1. The largest absolute Gasteiger partial charge is 0.321 e. The molecule has 2 rings (SSSR count). The Balaban J connectivity index is 2.41. The van der Waals surface area contributed by atoms with Crippen molar-refractivity contribution in [2.24, 2.45) is 0 Å². The molecule has 0 aliphatic carbocycles. The van der Waals surface area contributed by atoms with E-state index in [0.29, 0.717) is 10.6 Å². The zero-order valence-electron chi connectivity index (χ0n) is 12.0. The molecule has 0 radical (unpaired) electrons. The Labute approximate surface area is 144 Å². The van der Waals surface area contributed by atoms with Crippen LogP contribution in [0.3, 0.4) is 0 Å². The van der Waals surface area contributed by atoms with Crippen LogP contribution in [0.4, 0.5) is 5.69 Å². The maximum atomic E-state index is 12.5. The van der Waals surface area contributed by atoms with Gasteiger partial charge in [-0.3, -0.25) is 4.79 Å². The molecule has 0 fully saturated rings. The summed E-state index contributed by atoms with van der Waals surface area (Å²) in [5, 5.41) is 3.75. The Morgan fingerprint density at radius 3 is 2.48 bits per heavy atom. The standard InChI is InChI=1S/C17H17ClINO/c1-3-11-9-10-14(18)12(4-2)16(11)20-17(21)13-7-5-6-8-15(13)19/h5-10H,3-4H2,1-2H3,(H,20,21). The number of rotatable bonds is 4. The Morgan fingerprint density at radius 2 is 1.86 bits per heavy atom. The number of hydrogen-bond acceptors (Lipinski definition) is 1. The highest BCUT2D eigenvalue weighted by Gasteiger charge is 2.15. The topological polar surface area (TPSA) is 29.1 Å². The molecule has 2 aromatic rings. The first kappa shape index (κ1) is 16.3. The molecule has 2 nitrogen and oxygen atoms in total. The van der Waals surface area contributed by atoms with Gasteiger partial charge < -0.3 is 5.32 Å². The Hall–Kier alpha value is -1.07. The summed E-state index contributed by atoms with van der Waals surface area (Å²) in [4.78, 5) is 12.5. The monoisotopic (exact) mass is 413 g/mol. The lowest BCUT2D eigenvalue weighted by molar-refractivity contribution is 0.102. The van der Waals surface area contributed by atoms with Crippen molar-refractivity contribution in [3.05, 3.63) is 61.7 Å². The minimum absolute atomic E-state index is 0.0910. The fourth-order valence-corrected chi connectivity index (χ4v) is 3.22. The second kappa shape index (κ2) is 7.27. The summed E-state index contributed by atoms with van der Waals surface area (Å²) in [5.74, 6) is -0.0910. The van der Waals surface area contributed by atoms with E-state index in [4.69, 9.17) is 11.6 Å². The molecular formula is C17H17ClINO. The highest BCUT2D eigenvalue weighted by molar-refractivity contribution is 14.1. The molecule has 0 saturated heterocycles. The third-order valence-electron chi connectivity index (χ3n) is 3.43. The van der Waals surface area contributed by atoms with Crippen molar-refractivity contribution in [1.29, 1.82) is 0 Å². The van der Waals surface area contributed by atoms with Crippen molar-refractivity contribution in [2.45, 2.75) is 26.7 Å². The molecule has 0 heterocycles. The lowest BCUT2D eigenvalue weighted by atomic mass is 10.0. The molecule has 4 heteroatoms. The number of amides is 1. The lowest BCUT2D eigenvalue weighted by Gasteiger charge is -2.16. The van der Waals surface area contributed by atoms with E-state index in [1.165, 1.54) is 0 Å². The normalized spacial score (nSPS) is 10.5. The molecule has 0 aromatic heterocycles. The van der Waals surface area contributed by atoms with Crippen LogP contribution in [-0.2, 0) is 12.8 Å². The van der Waals surface area contributed by atoms with Crippen LogP contribution < -0.4 is 5.32 Å². The van der Waals surface area contributed by atoms with Crippen LogP contribution in [0.2, 0.25) is 5.02 Å². The lowest BCUT2D eigenvalue weighted by Crippen LogP contribution is -2.16. The van der Waals surface area contributed by atoms with Crippen LogP contribution in [0.15, 0.2) is 36.4 Å². The Kier molecular flexibility index (Phi) is 5.65. The molecule has 1 N–H and O–H groups in total. The second-order valence-corrected chi connectivity index (χ2v) is 6.27. The van der Waals surface area contributed by atoms with Gasteiger partial charge in [0.1, 0.15) is 0 Å². The molecule has 0 unspecified atom stereocenters. The van der Waals surface area contributed by atoms with Crippen LogP contribution in [0.25, 0.3) is 0 Å². The van der Waals surface area contributed by atoms with Gasteiger partial charge in [-0.2, -0.15) is 0 Å². The third-order valence-corrected chi connectivity index (χ3v) is 4.73. The van der Waals surface area contributed by atoms with Crippen molar-refractivity contribution in [3.63, 3.8) is 0 Å². The molecule has 21 heavy (non-hydrogen) atoms. The van der Waals surface area contributed by atoms with E-state index < -0.39 is 0 Å². The minimum Gasteiger partial charge on any atom is -0.321 e. The van der Waals surface area contributed by atoms with E-state index in [-0.39, 0.29) is 5.91 Å². The van der Waals surface area contributed by atoms with Gasteiger partial charge >= 0.3 is 0 Å². The van der Waals surface area contributed by atoms with Gasteiger partial charge in [0, 0.05) is 14.3 Å². The summed E-state index contributed by atoms with van der Waals surface area (Å²) >= 11 is 8.44. The number of carbonyl (C=O) groups excluding carboxylic acids is 1. The Bertz CT molecular complexity index is 670. The fraction of sp³-hybridized carbons (Fsp3) is 0.235. The fourth-order valence-electron chi connectivity index (χ4n) is 2.29. The first-order valence-electron chi connectivity index (χ1n) is 6.94. The van der Waals surface area contributed by atoms with Crippen LogP contribution in [-0.4, -0.2) is 5.91 Å². The molecule has 2 aromatic carbocycles. The highest BCUT2D eigenvalue weighted by Crippen LogP contribution is 2.30. The summed E-state index contributed by atoms with van der Waals surface area (Å²) in [6.07, 6.45) is 1.64. The molecule has 0 saturated carbocycles. The van der Waals surface area contributed by atoms with E-state index in [1.807, 2.05) is 43.3 Å². The van der Waals surface area contributed by atoms with E-state index in [9.17, 15) is 4.79 Å². The van der Waals surface area contributed by atoms with Crippen LogP contribution in [0.5, 0.6) is 0 Å². The van der Waals surface area contributed by atoms with Gasteiger partial charge in [0.2, 0.25) is 0 Å². The van der Waals surface area contributed by atoms with Gasteiger partial charge in [0.05, 0.1) is 5.56 Å². The Morgan fingerprint density at radius 1 is 1.14 bits per heavy atom. The van der Waals surface area contributed by atoms with Gasteiger partial charge in [-0.05, 0) is 64.8 Å². The van der Waals surface area contributed by atoms with Crippen molar-refractivity contribution < 1.29 is 4.79 Å². The van der Waals surface area contributed by atoms with E-state index in [1.54, 1.807) is 0 Å². The van der Waals surface area contributed by atoms with Crippen molar-refractivity contribution in [2.75, 3.05) is 5.32 Å². The molecule has 0 aliphatic rings. The zero-order chi connectivity index (χ0) is 15.4. The molecule has 1 amide bonds. The van der Waals surface area contributed by atoms with E-state index in [0.717, 1.165) is 33.2 Å². The van der Waals surface area contributed by atoms with Gasteiger partial charge in [-0.15, -0.1) is 0 Å². The first-order chi connectivity index (χ1) is 10.1. The minimum atomic E-state index is -0.0910. The molecular weight excluding hydrogens is 397 g/mol. The molecule has 0 aliphatic heterocycles. The van der Waals surface area contributed by atoms with E-state index in [2.05, 4.69) is 34.8 Å². The predicted octanol–water partition coefficient (Wildman–Crippen LogP) is 5.32. The molecule has 0 bridgehead atoms. The number of aryl methyl sites for hydroxylation is 1. The van der Waals surface area contributed by atoms with Crippen LogP contribution in [0.1, 0.15) is 35.3 Å². The third kappa shape index (κ3) is 3.58. The molecule has 0 atom stereocenters. The van der Waals surface area contributed by atoms with E-state index >= 15 is 0 Å². The highest BCUT2D eigenvalue weighted by atomic mass is 127. The number of benzene rings is 2. The smallest absolute Gasteiger partial charge is 0.256 e. The summed E-state index contributed by atoms with van der Waals surface area (Å²) in [6.45, 7) is 4.12. The van der Waals surface area contributed by atoms with Crippen molar-refractivity contribution in [3.8, 4) is 0 Å². The van der Waals surface area contributed by atoms with Crippen LogP contribution >= 0.6 is 34.2 Å². The number of carbonyl (C=O) groups is 1. The maximum absolute atomic E-state index is 12.5. The maximum Gasteiger partial charge on any atom is 0.256 e. The number of hydrogen-bond donors (Lipinski definition) is 1. The summed E-state index contributed by atoms with van der Waals surface area (Å²) in [7, 11) is 0. The quantitative estimate of drug-likeness (QED) is 0.675. The van der Waals surface area contributed by atoms with Gasteiger partial charge in [0.25, 0.3) is 5.91 Å². The summed E-state index contributed by atoms with van der Waals surface area (Å²) < 4.78 is 0.936. The number of nitrogens with one attached hydrogen (secondary N) is 1. The summed E-state index contributed by atoms with van der Waals surface area (Å²) in [5.41, 5.74) is 3.64. The second-order valence-electron chi connectivity index (χ2n) is 4.70. The SMILES string of the molecule is CCc1ccc(Cl)c(CC)c1NC(=O)c1ccccc1I. The average Bonchev–Trinajstić information content (AvgIpc) is 2.48. The first-order valence-corrected chi connectivity index (χ1v) is 8.40.